The largest absolute Gasteiger partial charge is 1.00 e. The van der Waals surface area contributed by atoms with Gasteiger partial charge in [-0.3, -0.25) is 0 Å². The first-order valence-electron chi connectivity index (χ1n) is 0.143. The topological polar surface area (TPSA) is 0 Å². The van der Waals surface area contributed by atoms with Crippen molar-refractivity contribution in [2.75, 3.05) is 0 Å². The second kappa shape index (κ2) is 15.8. The maximum absolute atomic E-state index is 2.12. The normalized spacial score (nSPS) is 1.50. The zero-order valence-corrected chi connectivity index (χ0v) is 11.7. The van der Waals surface area contributed by atoms with Gasteiger partial charge < -0.3 is 24.0 Å². The van der Waals surface area contributed by atoms with Gasteiger partial charge in [0, 0.05) is 37.2 Å². The average Bonchev–Trinajstić information content (AvgIpc) is 1.00. The van der Waals surface area contributed by atoms with Crippen molar-refractivity contribution in [1.29, 1.82) is 0 Å². The van der Waals surface area contributed by atoms with Gasteiger partial charge in [0.25, 0.3) is 0 Å². The second-order valence-electron chi connectivity index (χ2n) is 0. The molecule has 0 bridgehead atoms. The molecule has 0 atom stereocenters. The Balaban J connectivity index is -0.00000000500. The number of halogens is 3. The zero-order chi connectivity index (χ0) is 2.00. The van der Waals surface area contributed by atoms with Gasteiger partial charge in [-0.15, -0.1) is 0 Å². The van der Waals surface area contributed by atoms with Gasteiger partial charge >= 0.3 is 51.4 Å². The predicted molar refractivity (Wildman–Crippen MR) is 28.0 cm³/mol. The first kappa shape index (κ1) is 15.7. The average molecular weight is 420 g/mol. The Morgan fingerprint density at radius 1 is 1.00 bits per heavy atom. The summed E-state index contributed by atoms with van der Waals surface area (Å²) in [5.74, 6) is 0. The minimum atomic E-state index is 0. The van der Waals surface area contributed by atoms with E-state index in [-0.39, 0.29) is 75.4 Å². The van der Waals surface area contributed by atoms with E-state index in [9.17, 15) is 0 Å². The molecule has 0 nitrogen and oxygen atoms in total. The van der Waals surface area contributed by atoms with Crippen molar-refractivity contribution in [1.82, 2.24) is 0 Å². The Labute approximate surface area is 109 Å². The smallest absolute Gasteiger partial charge is 1.00 e. The van der Waals surface area contributed by atoms with Crippen molar-refractivity contribution < 1.29 is 75.4 Å². The molecular formula is I3K. The van der Waals surface area contributed by atoms with E-state index in [2.05, 4.69) is 37.2 Å². The minimum Gasteiger partial charge on any atom is -1.00 e. The molecule has 0 saturated heterocycles. The molecule has 22 valence electrons. The monoisotopic (exact) mass is 420 g/mol. The minimum absolute atomic E-state index is 0. The molecule has 0 saturated carbocycles. The molecule has 0 amide bonds. The molecule has 0 aromatic heterocycles. The van der Waals surface area contributed by atoms with Crippen LogP contribution in [0.3, 0.4) is 0 Å². The van der Waals surface area contributed by atoms with Crippen molar-refractivity contribution in [3.63, 3.8) is 0 Å². The van der Waals surface area contributed by atoms with Crippen molar-refractivity contribution in [3.8, 4) is 0 Å². The van der Waals surface area contributed by atoms with Crippen LogP contribution in [0.15, 0.2) is 0 Å². The van der Waals surface area contributed by atoms with Crippen molar-refractivity contribution in [2.24, 2.45) is 0 Å². The summed E-state index contributed by atoms with van der Waals surface area (Å²) in [6, 6.07) is 0. The fourth-order valence-corrected chi connectivity index (χ4v) is 0. The Hall–Kier alpha value is 3.83. The summed E-state index contributed by atoms with van der Waals surface area (Å²) in [5, 5.41) is 0. The molecule has 0 aromatic rings. The van der Waals surface area contributed by atoms with E-state index < -0.39 is 0 Å². The fraction of sp³-hybridized carbons (Fsp3) is 0. The van der Waals surface area contributed by atoms with Gasteiger partial charge in [0.15, 0.2) is 0 Å². The summed E-state index contributed by atoms with van der Waals surface area (Å²) >= 11 is 4.24. The SMILES string of the molecule is II.[I-].[K+]. The van der Waals surface area contributed by atoms with E-state index in [0.717, 1.165) is 0 Å². The second-order valence-corrected chi connectivity index (χ2v) is 0. The molecule has 0 unspecified atom stereocenters. The maximum atomic E-state index is 2.12. The first-order chi connectivity index (χ1) is 1.00. The molecule has 0 aliphatic rings. The quantitative estimate of drug-likeness (QED) is 0.276. The van der Waals surface area contributed by atoms with Crippen LogP contribution in [0.1, 0.15) is 0 Å². The Bertz CT molecular complexity index is 3.25. The van der Waals surface area contributed by atoms with Gasteiger partial charge in [0.2, 0.25) is 0 Å². The van der Waals surface area contributed by atoms with E-state index in [0.29, 0.717) is 0 Å². The summed E-state index contributed by atoms with van der Waals surface area (Å²) in [4.78, 5) is 0. The van der Waals surface area contributed by atoms with Crippen molar-refractivity contribution >= 4 is 37.2 Å². The number of rotatable bonds is 0. The first-order valence-corrected chi connectivity index (χ1v) is 6.43. The van der Waals surface area contributed by atoms with Crippen molar-refractivity contribution in [2.45, 2.75) is 0 Å². The maximum Gasteiger partial charge on any atom is 1.00 e. The van der Waals surface area contributed by atoms with E-state index in [1.807, 2.05) is 0 Å². The molecule has 0 radical (unpaired) electrons. The van der Waals surface area contributed by atoms with Crippen LogP contribution in [0.2, 0.25) is 0 Å². The third-order valence-corrected chi connectivity index (χ3v) is 0. The van der Waals surface area contributed by atoms with Crippen LogP contribution in [0.5, 0.6) is 0 Å². The summed E-state index contributed by atoms with van der Waals surface area (Å²) in [7, 11) is 0. The van der Waals surface area contributed by atoms with E-state index in [4.69, 9.17) is 0 Å². The third kappa shape index (κ3) is 9.27. The van der Waals surface area contributed by atoms with Crippen LogP contribution in [0, 0.1) is 0 Å². The van der Waals surface area contributed by atoms with Crippen LogP contribution in [0.25, 0.3) is 0 Å². The molecule has 4 heteroatoms. The van der Waals surface area contributed by atoms with Crippen LogP contribution in [0.4, 0.5) is 0 Å². The van der Waals surface area contributed by atoms with Gasteiger partial charge in [-0.05, 0) is 0 Å². The Morgan fingerprint density at radius 3 is 1.00 bits per heavy atom. The summed E-state index contributed by atoms with van der Waals surface area (Å²) in [6.07, 6.45) is 0. The van der Waals surface area contributed by atoms with Gasteiger partial charge in [0.1, 0.15) is 0 Å². The summed E-state index contributed by atoms with van der Waals surface area (Å²) < 4.78 is 0. The molecule has 0 heterocycles. The molecule has 0 fully saturated rings. The standard InChI is InChI=1S/I2.HI.K/c1-2;;/h;1H;/q;;+1/p-1. The molecule has 4 heavy (non-hydrogen) atoms. The predicted octanol–water partition coefficient (Wildman–Crippen LogP) is -4.22. The summed E-state index contributed by atoms with van der Waals surface area (Å²) in [5.41, 5.74) is 0. The van der Waals surface area contributed by atoms with Gasteiger partial charge in [-0.2, -0.15) is 0 Å². The van der Waals surface area contributed by atoms with Crippen molar-refractivity contribution in [3.05, 3.63) is 0 Å². The van der Waals surface area contributed by atoms with Gasteiger partial charge in [-0.25, -0.2) is 0 Å². The van der Waals surface area contributed by atoms with Gasteiger partial charge in [0.05, 0.1) is 0 Å². The molecular weight excluding hydrogens is 420 g/mol. The molecule has 0 N–H and O–H groups in total. The van der Waals surface area contributed by atoms with Crippen LogP contribution >= 0.6 is 37.2 Å². The summed E-state index contributed by atoms with van der Waals surface area (Å²) in [6.45, 7) is 0. The number of hydrogen-bond donors (Lipinski definition) is 0. The van der Waals surface area contributed by atoms with E-state index in [1.165, 1.54) is 0 Å². The van der Waals surface area contributed by atoms with Crippen LogP contribution in [-0.4, -0.2) is 0 Å². The Morgan fingerprint density at radius 2 is 1.00 bits per heavy atom. The number of hydrogen-bond acceptors (Lipinski definition) is 0. The third-order valence-electron chi connectivity index (χ3n) is 0. The molecule has 0 aromatic carbocycles. The van der Waals surface area contributed by atoms with E-state index >= 15 is 0 Å². The molecule has 0 rings (SSSR count). The molecule has 0 aliphatic carbocycles. The fourth-order valence-electron chi connectivity index (χ4n) is 0. The Kier molecular flexibility index (Phi) is 62.0. The van der Waals surface area contributed by atoms with Gasteiger partial charge in [-0.1, -0.05) is 0 Å². The molecule has 0 aliphatic heterocycles. The molecule has 0 spiro atoms. The van der Waals surface area contributed by atoms with Crippen LogP contribution in [-0.2, 0) is 0 Å². The zero-order valence-electron chi connectivity index (χ0n) is 2.13. The van der Waals surface area contributed by atoms with E-state index in [1.54, 1.807) is 0 Å². The van der Waals surface area contributed by atoms with Crippen LogP contribution < -0.4 is 75.4 Å².